The fourth-order valence-electron chi connectivity index (χ4n) is 10.7. The number of anilines is 6. The summed E-state index contributed by atoms with van der Waals surface area (Å²) in [7, 11) is 0. The van der Waals surface area contributed by atoms with Crippen molar-refractivity contribution in [2.24, 2.45) is 0 Å². The number of para-hydroxylation sites is 3. The molecule has 1 heterocycles. The van der Waals surface area contributed by atoms with Gasteiger partial charge in [0, 0.05) is 49.7 Å². The molecule has 0 spiro atoms. The molecule has 12 rings (SSSR count). The lowest BCUT2D eigenvalue weighted by molar-refractivity contribution is 0.660. The lowest BCUT2D eigenvalue weighted by Crippen LogP contribution is -2.16. The molecule has 0 atom stereocenters. The van der Waals surface area contributed by atoms with E-state index in [1.54, 1.807) is 0 Å². The van der Waals surface area contributed by atoms with Gasteiger partial charge in [0.2, 0.25) is 0 Å². The van der Waals surface area contributed by atoms with Gasteiger partial charge in [0.1, 0.15) is 5.58 Å². The number of benzene rings is 9. The first-order chi connectivity index (χ1) is 29.8. The van der Waals surface area contributed by atoms with Gasteiger partial charge < -0.3 is 14.2 Å². The van der Waals surface area contributed by atoms with Crippen LogP contribution in [-0.2, 0) is 10.8 Å². The predicted octanol–water partition coefficient (Wildman–Crippen LogP) is 16.3. The van der Waals surface area contributed by atoms with Crippen LogP contribution in [0.25, 0.3) is 55.0 Å². The highest BCUT2D eigenvalue weighted by Crippen LogP contribution is 2.57. The minimum Gasteiger partial charge on any atom is -0.454 e. The second kappa shape index (κ2) is 13.1. The lowest BCUT2D eigenvalue weighted by atomic mass is 9.82. The normalized spacial score (nSPS) is 14.2. The minimum absolute atomic E-state index is 0.0965. The van der Waals surface area contributed by atoms with Gasteiger partial charge in [0.25, 0.3) is 0 Å². The molecule has 0 N–H and O–H groups in total. The molecule has 2 aliphatic carbocycles. The molecule has 0 fully saturated rings. The highest BCUT2D eigenvalue weighted by atomic mass is 16.3. The second-order valence-corrected chi connectivity index (χ2v) is 17.7. The molecule has 10 aromatic rings. The molecule has 0 aliphatic heterocycles. The maximum atomic E-state index is 7.24. The summed E-state index contributed by atoms with van der Waals surface area (Å²) < 4.78 is 7.24. The van der Waals surface area contributed by atoms with Crippen molar-refractivity contribution in [2.45, 2.75) is 38.5 Å². The van der Waals surface area contributed by atoms with Gasteiger partial charge in [-0.2, -0.15) is 0 Å². The third-order valence-corrected chi connectivity index (χ3v) is 13.6. The van der Waals surface area contributed by atoms with E-state index in [2.05, 4.69) is 232 Å². The maximum Gasteiger partial charge on any atom is 0.162 e. The highest BCUT2D eigenvalue weighted by molar-refractivity contribution is 6.28. The van der Waals surface area contributed by atoms with Crippen LogP contribution in [0, 0.1) is 0 Å². The monoisotopic (exact) mass is 784 g/mol. The van der Waals surface area contributed by atoms with Gasteiger partial charge in [0.15, 0.2) is 5.58 Å². The Morgan fingerprint density at radius 3 is 1.30 bits per heavy atom. The van der Waals surface area contributed by atoms with Crippen molar-refractivity contribution < 1.29 is 4.42 Å². The van der Waals surface area contributed by atoms with Crippen LogP contribution >= 0.6 is 0 Å². The number of rotatable bonds is 6. The van der Waals surface area contributed by atoms with E-state index in [9.17, 15) is 0 Å². The number of hydrogen-bond acceptors (Lipinski definition) is 3. The smallest absolute Gasteiger partial charge is 0.162 e. The highest BCUT2D eigenvalue weighted by Gasteiger charge is 2.38. The van der Waals surface area contributed by atoms with Crippen molar-refractivity contribution in [1.82, 2.24) is 0 Å². The van der Waals surface area contributed by atoms with Crippen LogP contribution < -0.4 is 9.80 Å². The zero-order chi connectivity index (χ0) is 41.0. The molecular weight excluding hydrogens is 741 g/mol. The Hall–Kier alpha value is -7.36. The summed E-state index contributed by atoms with van der Waals surface area (Å²) in [5.74, 6) is 0. The summed E-state index contributed by atoms with van der Waals surface area (Å²) in [6.07, 6.45) is 0. The number of fused-ring (bicyclic) bond motifs is 10. The standard InChI is InChI=1S/C58H44N2O/c1-57(2)48-28-16-13-23-41(48)46-35-39(31-33-50(46)57)59(37-19-7-5-8-20-37)54-43-25-11-12-26-44(43)55(56-53(54)45-27-15-18-30-52(45)61-56)60(38-21-9-6-10-22-38)40-32-34-51-47(36-40)42-24-14-17-29-49(42)58(51,3)4/h5-36H,1-4H3. The van der Waals surface area contributed by atoms with Gasteiger partial charge in [-0.15, -0.1) is 0 Å². The van der Waals surface area contributed by atoms with Gasteiger partial charge >= 0.3 is 0 Å². The Kier molecular flexibility index (Phi) is 7.62. The average molecular weight is 785 g/mol. The van der Waals surface area contributed by atoms with E-state index in [-0.39, 0.29) is 10.8 Å². The third kappa shape index (κ3) is 5.10. The van der Waals surface area contributed by atoms with E-state index in [0.717, 1.165) is 66.8 Å². The van der Waals surface area contributed by atoms with Crippen LogP contribution in [0.2, 0.25) is 0 Å². The molecule has 0 radical (unpaired) electrons. The van der Waals surface area contributed by atoms with E-state index in [1.807, 2.05) is 0 Å². The Balaban J connectivity index is 1.18. The fraction of sp³-hybridized carbons (Fsp3) is 0.103. The van der Waals surface area contributed by atoms with Crippen molar-refractivity contribution in [2.75, 3.05) is 9.80 Å². The molecule has 3 heteroatoms. The molecule has 292 valence electrons. The molecule has 0 amide bonds. The summed E-state index contributed by atoms with van der Waals surface area (Å²) >= 11 is 0. The van der Waals surface area contributed by atoms with Gasteiger partial charge in [-0.05, 0) is 99.1 Å². The van der Waals surface area contributed by atoms with Crippen LogP contribution in [-0.4, -0.2) is 0 Å². The number of nitrogens with zero attached hydrogens (tertiary/aromatic N) is 2. The van der Waals surface area contributed by atoms with E-state index >= 15 is 0 Å². The molecule has 0 saturated carbocycles. The van der Waals surface area contributed by atoms with Gasteiger partial charge in [-0.3, -0.25) is 0 Å². The molecule has 3 nitrogen and oxygen atoms in total. The predicted molar refractivity (Wildman–Crippen MR) is 256 cm³/mol. The SMILES string of the molecule is CC1(C)c2ccccc2-c2cc(N(c3ccccc3)c3c4ccccc4c(N(c4ccccc4)c4ccc5c(c4)-c4ccccc4C5(C)C)c4c3oc3ccccc34)ccc21. The van der Waals surface area contributed by atoms with E-state index < -0.39 is 0 Å². The van der Waals surface area contributed by atoms with E-state index in [4.69, 9.17) is 4.42 Å². The minimum atomic E-state index is -0.0985. The zero-order valence-electron chi connectivity index (χ0n) is 34.8. The Bertz CT molecular complexity index is 3380. The largest absolute Gasteiger partial charge is 0.454 e. The van der Waals surface area contributed by atoms with Crippen LogP contribution in [0.5, 0.6) is 0 Å². The first-order valence-electron chi connectivity index (χ1n) is 21.4. The Morgan fingerprint density at radius 1 is 0.344 bits per heavy atom. The summed E-state index contributed by atoms with van der Waals surface area (Å²) in [4.78, 5) is 4.89. The van der Waals surface area contributed by atoms with Crippen LogP contribution in [0.3, 0.4) is 0 Å². The molecule has 1 aromatic heterocycles. The molecule has 0 saturated heterocycles. The lowest BCUT2D eigenvalue weighted by Gasteiger charge is -2.32. The number of hydrogen-bond donors (Lipinski definition) is 0. The van der Waals surface area contributed by atoms with Gasteiger partial charge in [0.05, 0.1) is 16.8 Å². The molecule has 0 bridgehead atoms. The van der Waals surface area contributed by atoms with Gasteiger partial charge in [-0.1, -0.05) is 167 Å². The first kappa shape index (κ1) is 35.6. The van der Waals surface area contributed by atoms with Crippen LogP contribution in [0.1, 0.15) is 49.9 Å². The summed E-state index contributed by atoms with van der Waals surface area (Å²) in [6, 6.07) is 70.9. The summed E-state index contributed by atoms with van der Waals surface area (Å²) in [5.41, 5.74) is 18.5. The topological polar surface area (TPSA) is 19.6 Å². The molecule has 2 aliphatic rings. The van der Waals surface area contributed by atoms with E-state index in [1.165, 1.54) is 44.5 Å². The Morgan fingerprint density at radius 2 is 0.754 bits per heavy atom. The zero-order valence-corrected chi connectivity index (χ0v) is 34.8. The average Bonchev–Trinajstić information content (AvgIpc) is 3.88. The molecule has 61 heavy (non-hydrogen) atoms. The summed E-state index contributed by atoms with van der Waals surface area (Å²) in [5, 5.41) is 4.38. The maximum absolute atomic E-state index is 7.24. The van der Waals surface area contributed by atoms with Crippen molar-refractivity contribution in [3.8, 4) is 22.3 Å². The molecular formula is C58H44N2O. The number of furan rings is 1. The van der Waals surface area contributed by atoms with Gasteiger partial charge in [-0.25, -0.2) is 0 Å². The van der Waals surface area contributed by atoms with Crippen LogP contribution in [0.4, 0.5) is 34.1 Å². The van der Waals surface area contributed by atoms with Crippen molar-refractivity contribution in [3.05, 3.63) is 216 Å². The van der Waals surface area contributed by atoms with Crippen LogP contribution in [0.15, 0.2) is 199 Å². The fourth-order valence-corrected chi connectivity index (χ4v) is 10.7. The second-order valence-electron chi connectivity index (χ2n) is 17.7. The first-order valence-corrected chi connectivity index (χ1v) is 21.4. The summed E-state index contributed by atoms with van der Waals surface area (Å²) in [6.45, 7) is 9.38. The molecule has 9 aromatic carbocycles. The molecule has 0 unspecified atom stereocenters. The Labute approximate surface area is 356 Å². The van der Waals surface area contributed by atoms with E-state index in [0.29, 0.717) is 0 Å². The third-order valence-electron chi connectivity index (χ3n) is 13.6. The van der Waals surface area contributed by atoms with Crippen molar-refractivity contribution in [1.29, 1.82) is 0 Å². The van der Waals surface area contributed by atoms with Crippen molar-refractivity contribution >= 4 is 66.8 Å². The quantitative estimate of drug-likeness (QED) is 0.157. The van der Waals surface area contributed by atoms with Crippen molar-refractivity contribution in [3.63, 3.8) is 0 Å².